The van der Waals surface area contributed by atoms with E-state index in [1.54, 1.807) is 24.3 Å². The first kappa shape index (κ1) is 16.9. The molecule has 0 atom stereocenters. The Morgan fingerprint density at radius 1 is 1.20 bits per heavy atom. The van der Waals surface area contributed by atoms with Gasteiger partial charge in [0.05, 0.1) is 4.90 Å². The van der Waals surface area contributed by atoms with Gasteiger partial charge in [-0.1, -0.05) is 6.92 Å². The van der Waals surface area contributed by atoms with Crippen LogP contribution in [0.5, 0.6) is 5.75 Å². The molecule has 6 heteroatoms. The molecular weight excluding hydrogens is 276 g/mol. The van der Waals surface area contributed by atoms with Crippen molar-refractivity contribution in [1.29, 1.82) is 0 Å². The van der Waals surface area contributed by atoms with Gasteiger partial charge in [0.15, 0.2) is 0 Å². The maximum absolute atomic E-state index is 12.2. The van der Waals surface area contributed by atoms with Gasteiger partial charge in [-0.3, -0.25) is 0 Å². The Bertz CT molecular complexity index is 510. The van der Waals surface area contributed by atoms with E-state index in [0.717, 1.165) is 13.0 Å². The molecule has 5 nitrogen and oxygen atoms in total. The van der Waals surface area contributed by atoms with Crippen molar-refractivity contribution in [3.63, 3.8) is 0 Å². The molecule has 0 spiro atoms. The number of nitrogens with one attached hydrogen (secondary N) is 2. The summed E-state index contributed by atoms with van der Waals surface area (Å²) in [5, 5.41) is 2.97. The highest BCUT2D eigenvalue weighted by molar-refractivity contribution is 7.89. The van der Waals surface area contributed by atoms with Crippen LogP contribution in [-0.4, -0.2) is 34.2 Å². The molecule has 0 fully saturated rings. The van der Waals surface area contributed by atoms with Gasteiger partial charge in [-0.25, -0.2) is 13.1 Å². The zero-order valence-electron chi connectivity index (χ0n) is 12.6. The monoisotopic (exact) mass is 300 g/mol. The molecule has 0 aromatic heterocycles. The fourth-order valence-corrected chi connectivity index (χ4v) is 2.96. The van der Waals surface area contributed by atoms with E-state index in [1.165, 1.54) is 0 Å². The molecule has 2 N–H and O–H groups in total. The number of rotatable bonds is 8. The standard InChI is InChI=1S/C14H24N2O3S/c1-5-14(2,3)16-20(17,18)13-8-6-12(7-9-13)19-11-10-15-4/h6-9,15-16H,5,10-11H2,1-4H3. The average Bonchev–Trinajstić information content (AvgIpc) is 2.38. The first-order valence-corrected chi connectivity index (χ1v) is 8.20. The molecule has 0 aliphatic rings. The quantitative estimate of drug-likeness (QED) is 0.718. The van der Waals surface area contributed by atoms with E-state index >= 15 is 0 Å². The van der Waals surface area contributed by atoms with Gasteiger partial charge in [0.1, 0.15) is 12.4 Å². The minimum Gasteiger partial charge on any atom is -0.492 e. The van der Waals surface area contributed by atoms with Gasteiger partial charge in [0, 0.05) is 12.1 Å². The lowest BCUT2D eigenvalue weighted by atomic mass is 10.0. The van der Waals surface area contributed by atoms with Crippen molar-refractivity contribution < 1.29 is 13.2 Å². The number of hydrogen-bond donors (Lipinski definition) is 2. The lowest BCUT2D eigenvalue weighted by Gasteiger charge is -2.24. The van der Waals surface area contributed by atoms with Gasteiger partial charge < -0.3 is 10.1 Å². The van der Waals surface area contributed by atoms with Crippen molar-refractivity contribution in [2.75, 3.05) is 20.2 Å². The van der Waals surface area contributed by atoms with Gasteiger partial charge in [0.25, 0.3) is 0 Å². The van der Waals surface area contributed by atoms with Crippen LogP contribution in [0.15, 0.2) is 29.2 Å². The summed E-state index contributed by atoms with van der Waals surface area (Å²) < 4.78 is 32.6. The van der Waals surface area contributed by atoms with Gasteiger partial charge >= 0.3 is 0 Å². The molecule has 0 radical (unpaired) electrons. The van der Waals surface area contributed by atoms with E-state index in [1.807, 2.05) is 27.8 Å². The van der Waals surface area contributed by atoms with Crippen LogP contribution in [0, 0.1) is 0 Å². The Morgan fingerprint density at radius 2 is 1.80 bits per heavy atom. The SMILES string of the molecule is CCC(C)(C)NS(=O)(=O)c1ccc(OCCNC)cc1. The van der Waals surface area contributed by atoms with Crippen LogP contribution >= 0.6 is 0 Å². The van der Waals surface area contributed by atoms with Crippen LogP contribution in [-0.2, 0) is 10.0 Å². The summed E-state index contributed by atoms with van der Waals surface area (Å²) in [6.45, 7) is 6.96. The van der Waals surface area contributed by atoms with Crippen molar-refractivity contribution in [2.45, 2.75) is 37.6 Å². The number of sulfonamides is 1. The van der Waals surface area contributed by atoms with Crippen molar-refractivity contribution in [2.24, 2.45) is 0 Å². The van der Waals surface area contributed by atoms with Gasteiger partial charge in [-0.2, -0.15) is 0 Å². The molecule has 114 valence electrons. The van der Waals surface area contributed by atoms with E-state index in [-0.39, 0.29) is 4.90 Å². The first-order valence-electron chi connectivity index (χ1n) is 6.72. The second kappa shape index (κ2) is 7.06. The highest BCUT2D eigenvalue weighted by Crippen LogP contribution is 2.18. The molecule has 0 aliphatic carbocycles. The number of hydrogen-bond acceptors (Lipinski definition) is 4. The highest BCUT2D eigenvalue weighted by atomic mass is 32.2. The summed E-state index contributed by atoms with van der Waals surface area (Å²) in [5.41, 5.74) is -0.458. The second-order valence-corrected chi connectivity index (χ2v) is 6.95. The van der Waals surface area contributed by atoms with E-state index in [0.29, 0.717) is 12.4 Å². The topological polar surface area (TPSA) is 67.4 Å². The van der Waals surface area contributed by atoms with E-state index < -0.39 is 15.6 Å². The smallest absolute Gasteiger partial charge is 0.241 e. The van der Waals surface area contributed by atoms with Crippen molar-refractivity contribution in [3.8, 4) is 5.75 Å². The zero-order chi connectivity index (χ0) is 15.2. The molecule has 1 aromatic rings. The minimum absolute atomic E-state index is 0.250. The van der Waals surface area contributed by atoms with Crippen LogP contribution in [0.4, 0.5) is 0 Å². The van der Waals surface area contributed by atoms with Crippen molar-refractivity contribution in [1.82, 2.24) is 10.0 Å². The minimum atomic E-state index is -3.49. The number of benzene rings is 1. The Labute approximate surface area is 121 Å². The van der Waals surface area contributed by atoms with E-state index in [9.17, 15) is 8.42 Å². The molecule has 0 bridgehead atoms. The fourth-order valence-electron chi connectivity index (χ4n) is 1.48. The molecule has 0 unspecified atom stereocenters. The van der Waals surface area contributed by atoms with Gasteiger partial charge in [-0.05, 0) is 51.6 Å². The van der Waals surface area contributed by atoms with E-state index in [2.05, 4.69) is 10.0 Å². The van der Waals surface area contributed by atoms with Crippen LogP contribution in [0.2, 0.25) is 0 Å². The maximum Gasteiger partial charge on any atom is 0.241 e. The fraction of sp³-hybridized carbons (Fsp3) is 0.571. The van der Waals surface area contributed by atoms with Gasteiger partial charge in [-0.15, -0.1) is 0 Å². The van der Waals surface area contributed by atoms with Crippen LogP contribution in [0.1, 0.15) is 27.2 Å². The Kier molecular flexibility index (Phi) is 5.98. The molecular formula is C14H24N2O3S. The highest BCUT2D eigenvalue weighted by Gasteiger charge is 2.24. The second-order valence-electron chi connectivity index (χ2n) is 5.27. The molecule has 0 amide bonds. The Morgan fingerprint density at radius 3 is 2.30 bits per heavy atom. The summed E-state index contributed by atoms with van der Waals surface area (Å²) in [5.74, 6) is 0.661. The molecule has 1 aromatic carbocycles. The molecule has 1 rings (SSSR count). The predicted molar refractivity (Wildman–Crippen MR) is 80.6 cm³/mol. The lowest BCUT2D eigenvalue weighted by molar-refractivity contribution is 0.318. The van der Waals surface area contributed by atoms with Crippen molar-refractivity contribution in [3.05, 3.63) is 24.3 Å². The van der Waals surface area contributed by atoms with Crippen molar-refractivity contribution >= 4 is 10.0 Å². The third-order valence-electron chi connectivity index (χ3n) is 3.05. The van der Waals surface area contributed by atoms with Crippen LogP contribution in [0.3, 0.4) is 0 Å². The average molecular weight is 300 g/mol. The predicted octanol–water partition coefficient (Wildman–Crippen LogP) is 1.75. The van der Waals surface area contributed by atoms with Crippen LogP contribution < -0.4 is 14.8 Å². The summed E-state index contributed by atoms with van der Waals surface area (Å²) >= 11 is 0. The molecule has 0 saturated carbocycles. The summed E-state index contributed by atoms with van der Waals surface area (Å²) in [6.07, 6.45) is 0.720. The third kappa shape index (κ3) is 5.11. The molecule has 20 heavy (non-hydrogen) atoms. The maximum atomic E-state index is 12.2. The third-order valence-corrected chi connectivity index (χ3v) is 4.76. The number of ether oxygens (including phenoxy) is 1. The van der Waals surface area contributed by atoms with E-state index in [4.69, 9.17) is 4.74 Å². The summed E-state index contributed by atoms with van der Waals surface area (Å²) in [6, 6.07) is 6.46. The van der Waals surface area contributed by atoms with Crippen LogP contribution in [0.25, 0.3) is 0 Å². The van der Waals surface area contributed by atoms with Gasteiger partial charge in [0.2, 0.25) is 10.0 Å². The Hall–Kier alpha value is -1.11. The largest absolute Gasteiger partial charge is 0.492 e. The summed E-state index contributed by atoms with van der Waals surface area (Å²) in [7, 11) is -1.64. The molecule has 0 saturated heterocycles. The first-order chi connectivity index (χ1) is 9.30. The summed E-state index contributed by atoms with van der Waals surface area (Å²) in [4.78, 5) is 0.250. The molecule has 0 heterocycles. The zero-order valence-corrected chi connectivity index (χ0v) is 13.4. The Balaban J connectivity index is 2.77. The lowest BCUT2D eigenvalue weighted by Crippen LogP contribution is -2.42. The number of likely N-dealkylation sites (N-methyl/N-ethyl adjacent to an activating group) is 1. The molecule has 0 aliphatic heterocycles. The normalized spacial score (nSPS) is 12.4.